The molecule has 1 aromatic carbocycles. The van der Waals surface area contributed by atoms with Crippen LogP contribution in [0.25, 0.3) is 0 Å². The highest BCUT2D eigenvalue weighted by Crippen LogP contribution is 2.34. The lowest BCUT2D eigenvalue weighted by Gasteiger charge is -2.33. The zero-order chi connectivity index (χ0) is 15.0. The summed E-state index contributed by atoms with van der Waals surface area (Å²) in [4.78, 5) is 19.8. The first-order valence-electron chi connectivity index (χ1n) is 7.37. The molecule has 0 saturated heterocycles. The number of aryl methyl sites for hydroxylation is 3. The van der Waals surface area contributed by atoms with E-state index in [0.29, 0.717) is 0 Å². The zero-order valence-electron chi connectivity index (χ0n) is 12.7. The predicted octanol–water partition coefficient (Wildman–Crippen LogP) is 3.91. The van der Waals surface area contributed by atoms with Gasteiger partial charge in [-0.2, -0.15) is 0 Å². The highest BCUT2D eigenvalue weighted by Gasteiger charge is 2.28. The minimum absolute atomic E-state index is 0.0970. The fourth-order valence-electron chi connectivity index (χ4n) is 3.16. The molecule has 4 heteroatoms. The zero-order valence-corrected chi connectivity index (χ0v) is 13.5. The van der Waals surface area contributed by atoms with E-state index in [2.05, 4.69) is 29.2 Å². The van der Waals surface area contributed by atoms with Gasteiger partial charge in [-0.15, -0.1) is 11.3 Å². The smallest absolute Gasteiger partial charge is 0.266 e. The quantitative estimate of drug-likeness (QED) is 0.842. The van der Waals surface area contributed by atoms with Crippen molar-refractivity contribution in [3.05, 3.63) is 51.0 Å². The summed E-state index contributed by atoms with van der Waals surface area (Å²) in [6, 6.07) is 8.68. The summed E-state index contributed by atoms with van der Waals surface area (Å²) >= 11 is 1.49. The summed E-state index contributed by atoms with van der Waals surface area (Å²) in [5.74, 6) is 0.0970. The van der Waals surface area contributed by atoms with E-state index in [-0.39, 0.29) is 11.9 Å². The molecule has 0 N–H and O–H groups in total. The van der Waals surface area contributed by atoms with E-state index in [1.54, 1.807) is 0 Å². The lowest BCUT2D eigenvalue weighted by atomic mass is 9.87. The molecule has 0 radical (unpaired) electrons. The van der Waals surface area contributed by atoms with Crippen LogP contribution in [0, 0.1) is 13.8 Å². The van der Waals surface area contributed by atoms with Crippen LogP contribution in [0.1, 0.15) is 50.4 Å². The molecule has 1 aliphatic rings. The van der Waals surface area contributed by atoms with Gasteiger partial charge in [0.2, 0.25) is 0 Å². The van der Waals surface area contributed by atoms with Crippen LogP contribution in [0.5, 0.6) is 0 Å². The first-order chi connectivity index (χ1) is 10.1. The van der Waals surface area contributed by atoms with E-state index in [9.17, 15) is 4.79 Å². The van der Waals surface area contributed by atoms with Gasteiger partial charge in [-0.1, -0.05) is 24.3 Å². The van der Waals surface area contributed by atoms with Crippen LogP contribution in [0.2, 0.25) is 0 Å². The Hall–Kier alpha value is -1.68. The largest absolute Gasteiger partial charge is 0.334 e. The normalized spacial score (nSPS) is 17.4. The number of rotatable bonds is 2. The van der Waals surface area contributed by atoms with Crippen LogP contribution in [0.3, 0.4) is 0 Å². The molecule has 3 nitrogen and oxygen atoms in total. The molecule has 0 spiro atoms. The van der Waals surface area contributed by atoms with E-state index in [1.165, 1.54) is 22.5 Å². The summed E-state index contributed by atoms with van der Waals surface area (Å²) in [6.45, 7) is 3.86. The number of nitrogens with zero attached hydrogens (tertiary/aromatic N) is 2. The van der Waals surface area contributed by atoms with Crippen molar-refractivity contribution in [2.75, 3.05) is 7.05 Å². The second-order valence-corrected chi connectivity index (χ2v) is 6.87. The molecule has 0 fully saturated rings. The summed E-state index contributed by atoms with van der Waals surface area (Å²) in [6.07, 6.45) is 3.30. The van der Waals surface area contributed by atoms with Crippen LogP contribution in [-0.4, -0.2) is 22.8 Å². The molecule has 0 aliphatic heterocycles. The van der Waals surface area contributed by atoms with Gasteiger partial charge in [0, 0.05) is 7.05 Å². The lowest BCUT2D eigenvalue weighted by molar-refractivity contribution is 0.0719. The van der Waals surface area contributed by atoms with E-state index in [1.807, 2.05) is 25.8 Å². The minimum Gasteiger partial charge on any atom is -0.334 e. The van der Waals surface area contributed by atoms with Crippen molar-refractivity contribution in [2.45, 2.75) is 39.2 Å². The fraction of sp³-hybridized carbons (Fsp3) is 0.412. The van der Waals surface area contributed by atoms with Gasteiger partial charge in [-0.05, 0) is 44.2 Å². The molecule has 0 bridgehead atoms. The minimum atomic E-state index is 0.0970. The third-order valence-electron chi connectivity index (χ3n) is 4.22. The van der Waals surface area contributed by atoms with Gasteiger partial charge in [-0.25, -0.2) is 4.98 Å². The average Bonchev–Trinajstić information content (AvgIpc) is 2.84. The number of fused-ring (bicyclic) bond motifs is 1. The van der Waals surface area contributed by atoms with E-state index in [0.717, 1.165) is 34.8 Å². The fourth-order valence-corrected chi connectivity index (χ4v) is 4.06. The van der Waals surface area contributed by atoms with Gasteiger partial charge in [0.15, 0.2) is 0 Å². The van der Waals surface area contributed by atoms with Crippen molar-refractivity contribution in [1.82, 2.24) is 9.88 Å². The lowest BCUT2D eigenvalue weighted by Crippen LogP contribution is -2.33. The number of amides is 1. The van der Waals surface area contributed by atoms with Crippen molar-refractivity contribution < 1.29 is 4.79 Å². The first kappa shape index (κ1) is 14.3. The van der Waals surface area contributed by atoms with Crippen molar-refractivity contribution >= 4 is 17.2 Å². The third-order valence-corrected chi connectivity index (χ3v) is 5.28. The molecule has 110 valence electrons. The number of hydrogen-bond acceptors (Lipinski definition) is 3. The molecule has 3 rings (SSSR count). The number of benzene rings is 1. The molecule has 1 aliphatic carbocycles. The Morgan fingerprint density at radius 3 is 2.81 bits per heavy atom. The molecule has 1 heterocycles. The first-order valence-corrected chi connectivity index (χ1v) is 8.18. The van der Waals surface area contributed by atoms with Crippen LogP contribution < -0.4 is 0 Å². The highest BCUT2D eigenvalue weighted by molar-refractivity contribution is 7.13. The number of thiazole rings is 1. The Morgan fingerprint density at radius 1 is 1.33 bits per heavy atom. The molecule has 0 unspecified atom stereocenters. The summed E-state index contributed by atoms with van der Waals surface area (Å²) in [5.41, 5.74) is 3.53. The van der Waals surface area contributed by atoms with Gasteiger partial charge < -0.3 is 4.90 Å². The molecule has 0 saturated carbocycles. The van der Waals surface area contributed by atoms with E-state index < -0.39 is 0 Å². The molecular weight excluding hydrogens is 280 g/mol. The monoisotopic (exact) mass is 300 g/mol. The van der Waals surface area contributed by atoms with Crippen molar-refractivity contribution in [2.24, 2.45) is 0 Å². The molecule has 2 aromatic rings. The average molecular weight is 300 g/mol. The second-order valence-electron chi connectivity index (χ2n) is 5.67. The maximum absolute atomic E-state index is 12.8. The maximum atomic E-state index is 12.8. The third kappa shape index (κ3) is 2.60. The molecule has 1 amide bonds. The van der Waals surface area contributed by atoms with Gasteiger partial charge in [0.25, 0.3) is 5.91 Å². The predicted molar refractivity (Wildman–Crippen MR) is 85.8 cm³/mol. The molecular formula is C17H20N2OS. The van der Waals surface area contributed by atoms with Gasteiger partial charge in [0.05, 0.1) is 16.7 Å². The summed E-state index contributed by atoms with van der Waals surface area (Å²) in [7, 11) is 1.92. The van der Waals surface area contributed by atoms with Crippen LogP contribution in [0.4, 0.5) is 0 Å². The molecule has 21 heavy (non-hydrogen) atoms. The molecule has 1 atom stereocenters. The standard InChI is InChI=1S/C17H20N2OS/c1-11-16(21-12(2)18-11)17(20)19(3)15-10-6-8-13-7-4-5-9-14(13)15/h4-5,7,9,15H,6,8,10H2,1-3H3/t15-/m0/s1. The summed E-state index contributed by atoms with van der Waals surface area (Å²) < 4.78 is 0. The van der Waals surface area contributed by atoms with Crippen LogP contribution >= 0.6 is 11.3 Å². The Bertz CT molecular complexity index is 677. The maximum Gasteiger partial charge on any atom is 0.266 e. The van der Waals surface area contributed by atoms with Crippen LogP contribution in [0.15, 0.2) is 24.3 Å². The Balaban J connectivity index is 1.91. The van der Waals surface area contributed by atoms with Crippen molar-refractivity contribution in [1.29, 1.82) is 0 Å². The Labute approximate surface area is 129 Å². The number of aromatic nitrogens is 1. The topological polar surface area (TPSA) is 33.2 Å². The number of carbonyl (C=O) groups is 1. The Kier molecular flexibility index (Phi) is 3.81. The second kappa shape index (κ2) is 5.60. The highest BCUT2D eigenvalue weighted by atomic mass is 32.1. The van der Waals surface area contributed by atoms with Crippen molar-refractivity contribution in [3.63, 3.8) is 0 Å². The summed E-state index contributed by atoms with van der Waals surface area (Å²) in [5, 5.41) is 0.952. The Morgan fingerprint density at radius 2 is 2.10 bits per heavy atom. The van der Waals surface area contributed by atoms with Gasteiger partial charge >= 0.3 is 0 Å². The van der Waals surface area contributed by atoms with E-state index >= 15 is 0 Å². The van der Waals surface area contributed by atoms with Gasteiger partial charge in [-0.3, -0.25) is 4.79 Å². The van der Waals surface area contributed by atoms with Gasteiger partial charge in [0.1, 0.15) is 4.88 Å². The number of hydrogen-bond donors (Lipinski definition) is 0. The number of carbonyl (C=O) groups excluding carboxylic acids is 1. The SMILES string of the molecule is Cc1nc(C)c(C(=O)N(C)[C@H]2CCCc3ccccc32)s1. The molecule has 1 aromatic heterocycles. The van der Waals surface area contributed by atoms with Crippen LogP contribution in [-0.2, 0) is 6.42 Å². The van der Waals surface area contributed by atoms with E-state index in [4.69, 9.17) is 0 Å². The van der Waals surface area contributed by atoms with Crippen molar-refractivity contribution in [3.8, 4) is 0 Å².